The van der Waals surface area contributed by atoms with Crippen LogP contribution in [0.3, 0.4) is 0 Å². The molecule has 0 heterocycles. The third-order valence-electron chi connectivity index (χ3n) is 3.21. The van der Waals surface area contributed by atoms with E-state index in [0.717, 1.165) is 12.8 Å². The molecule has 1 N–H and O–H groups in total. The molecule has 1 saturated carbocycles. The first-order valence-corrected chi connectivity index (χ1v) is 6.58. The third-order valence-corrected chi connectivity index (χ3v) is 3.75. The van der Waals surface area contributed by atoms with Gasteiger partial charge in [-0.1, -0.05) is 30.1 Å². The number of amides is 1. The minimum absolute atomic E-state index is 0.106. The van der Waals surface area contributed by atoms with Gasteiger partial charge >= 0.3 is 0 Å². The molecule has 0 bridgehead atoms. The fourth-order valence-corrected chi connectivity index (χ4v) is 2.77. The van der Waals surface area contributed by atoms with Crippen molar-refractivity contribution in [2.45, 2.75) is 32.2 Å². The molecule has 1 aromatic rings. The van der Waals surface area contributed by atoms with Crippen molar-refractivity contribution in [3.63, 3.8) is 0 Å². The summed E-state index contributed by atoms with van der Waals surface area (Å²) >= 11 is 11.8. The van der Waals surface area contributed by atoms with E-state index in [0.29, 0.717) is 21.5 Å². The van der Waals surface area contributed by atoms with Gasteiger partial charge in [0.15, 0.2) is 0 Å². The molecule has 2 unspecified atom stereocenters. The van der Waals surface area contributed by atoms with E-state index in [1.807, 2.05) is 0 Å². The van der Waals surface area contributed by atoms with Crippen LogP contribution in [0.25, 0.3) is 0 Å². The summed E-state index contributed by atoms with van der Waals surface area (Å²) in [4.78, 5) is 12.0. The number of carbonyl (C=O) groups is 1. The van der Waals surface area contributed by atoms with E-state index in [1.54, 1.807) is 18.2 Å². The molecular weight excluding hydrogens is 257 g/mol. The highest BCUT2D eigenvalue weighted by atomic mass is 35.5. The lowest BCUT2D eigenvalue weighted by Gasteiger charge is -2.13. The molecule has 1 aliphatic carbocycles. The largest absolute Gasteiger partial charge is 0.349 e. The van der Waals surface area contributed by atoms with Crippen molar-refractivity contribution < 1.29 is 4.79 Å². The molecule has 1 fully saturated rings. The fourth-order valence-electron chi connectivity index (χ4n) is 2.27. The van der Waals surface area contributed by atoms with Gasteiger partial charge in [0.05, 0.1) is 10.6 Å². The quantitative estimate of drug-likeness (QED) is 0.868. The predicted octanol–water partition coefficient (Wildman–Crippen LogP) is 3.91. The molecule has 2 atom stereocenters. The van der Waals surface area contributed by atoms with Crippen molar-refractivity contribution in [3.05, 3.63) is 33.8 Å². The van der Waals surface area contributed by atoms with Gasteiger partial charge in [0, 0.05) is 11.1 Å². The van der Waals surface area contributed by atoms with Gasteiger partial charge in [-0.05, 0) is 43.4 Å². The number of halogens is 2. The van der Waals surface area contributed by atoms with E-state index in [-0.39, 0.29) is 11.9 Å². The first-order valence-electron chi connectivity index (χ1n) is 5.82. The van der Waals surface area contributed by atoms with Gasteiger partial charge in [0.1, 0.15) is 0 Å². The SMILES string of the molecule is CC1CCC(NC(=O)c2ccc(Cl)cc2Cl)C1. The lowest BCUT2D eigenvalue weighted by Crippen LogP contribution is -2.33. The van der Waals surface area contributed by atoms with Crippen LogP contribution < -0.4 is 5.32 Å². The second kappa shape index (κ2) is 5.28. The smallest absolute Gasteiger partial charge is 0.253 e. The summed E-state index contributed by atoms with van der Waals surface area (Å²) in [5, 5.41) is 3.97. The van der Waals surface area contributed by atoms with Crippen LogP contribution in [0.4, 0.5) is 0 Å². The highest BCUT2D eigenvalue weighted by molar-refractivity contribution is 6.36. The van der Waals surface area contributed by atoms with E-state index in [9.17, 15) is 4.79 Å². The number of hydrogen-bond donors (Lipinski definition) is 1. The minimum Gasteiger partial charge on any atom is -0.349 e. The van der Waals surface area contributed by atoms with E-state index < -0.39 is 0 Å². The number of rotatable bonds is 2. The van der Waals surface area contributed by atoms with Gasteiger partial charge in [-0.15, -0.1) is 0 Å². The Morgan fingerprint density at radius 1 is 1.35 bits per heavy atom. The standard InChI is InChI=1S/C13H15Cl2NO/c1-8-2-4-10(6-8)16-13(17)11-5-3-9(14)7-12(11)15/h3,5,7-8,10H,2,4,6H2,1H3,(H,16,17). The zero-order valence-corrected chi connectivity index (χ0v) is 11.2. The van der Waals surface area contributed by atoms with Gasteiger partial charge < -0.3 is 5.32 Å². The summed E-state index contributed by atoms with van der Waals surface area (Å²) in [6.45, 7) is 2.21. The second-order valence-electron chi connectivity index (χ2n) is 4.71. The molecule has 0 spiro atoms. The maximum absolute atomic E-state index is 12.0. The molecule has 1 amide bonds. The number of benzene rings is 1. The van der Waals surface area contributed by atoms with Crippen molar-refractivity contribution in [2.75, 3.05) is 0 Å². The summed E-state index contributed by atoms with van der Waals surface area (Å²) in [6, 6.07) is 5.22. The second-order valence-corrected chi connectivity index (χ2v) is 5.56. The molecule has 1 aliphatic rings. The first kappa shape index (κ1) is 12.7. The van der Waals surface area contributed by atoms with Crippen molar-refractivity contribution in [3.8, 4) is 0 Å². The molecule has 0 aromatic heterocycles. The van der Waals surface area contributed by atoms with E-state index >= 15 is 0 Å². The van der Waals surface area contributed by atoms with Gasteiger partial charge in [0.25, 0.3) is 5.91 Å². The monoisotopic (exact) mass is 271 g/mol. The normalized spacial score (nSPS) is 23.7. The molecule has 0 saturated heterocycles. The average Bonchev–Trinajstić information content (AvgIpc) is 2.63. The van der Waals surface area contributed by atoms with Crippen LogP contribution in [0, 0.1) is 5.92 Å². The van der Waals surface area contributed by atoms with Crippen molar-refractivity contribution in [1.29, 1.82) is 0 Å². The molecule has 2 nitrogen and oxygen atoms in total. The Morgan fingerprint density at radius 2 is 2.12 bits per heavy atom. The van der Waals surface area contributed by atoms with Crippen LogP contribution in [0.2, 0.25) is 10.0 Å². The predicted molar refractivity (Wildman–Crippen MR) is 70.7 cm³/mol. The van der Waals surface area contributed by atoms with Crippen LogP contribution in [0.1, 0.15) is 36.5 Å². The van der Waals surface area contributed by atoms with Crippen LogP contribution in [0.5, 0.6) is 0 Å². The zero-order chi connectivity index (χ0) is 12.4. The lowest BCUT2D eigenvalue weighted by atomic mass is 10.1. The van der Waals surface area contributed by atoms with Crippen molar-refractivity contribution in [2.24, 2.45) is 5.92 Å². The molecule has 0 aliphatic heterocycles. The Balaban J connectivity index is 2.04. The van der Waals surface area contributed by atoms with Gasteiger partial charge in [0.2, 0.25) is 0 Å². The van der Waals surface area contributed by atoms with E-state index in [1.165, 1.54) is 6.42 Å². The topological polar surface area (TPSA) is 29.1 Å². The van der Waals surface area contributed by atoms with Crippen LogP contribution in [0.15, 0.2) is 18.2 Å². The molecular formula is C13H15Cl2NO. The lowest BCUT2D eigenvalue weighted by molar-refractivity contribution is 0.0937. The molecule has 0 radical (unpaired) electrons. The molecule has 92 valence electrons. The molecule has 1 aromatic carbocycles. The molecule has 4 heteroatoms. The Labute approximate surface area is 111 Å². The van der Waals surface area contributed by atoms with Gasteiger partial charge in [-0.3, -0.25) is 4.79 Å². The zero-order valence-electron chi connectivity index (χ0n) is 9.67. The highest BCUT2D eigenvalue weighted by Gasteiger charge is 2.23. The Kier molecular flexibility index (Phi) is 3.95. The Morgan fingerprint density at radius 3 is 2.71 bits per heavy atom. The van der Waals surface area contributed by atoms with Gasteiger partial charge in [-0.25, -0.2) is 0 Å². The van der Waals surface area contributed by atoms with Crippen LogP contribution in [-0.4, -0.2) is 11.9 Å². The maximum atomic E-state index is 12.0. The Bertz CT molecular complexity index is 433. The fraction of sp³-hybridized carbons (Fsp3) is 0.462. The summed E-state index contributed by atoms with van der Waals surface area (Å²) in [5.74, 6) is 0.590. The molecule has 17 heavy (non-hydrogen) atoms. The first-order chi connectivity index (χ1) is 8.06. The van der Waals surface area contributed by atoms with Crippen molar-refractivity contribution >= 4 is 29.1 Å². The van der Waals surface area contributed by atoms with Gasteiger partial charge in [-0.2, -0.15) is 0 Å². The van der Waals surface area contributed by atoms with Crippen molar-refractivity contribution in [1.82, 2.24) is 5.32 Å². The van der Waals surface area contributed by atoms with E-state index in [4.69, 9.17) is 23.2 Å². The van der Waals surface area contributed by atoms with Crippen LogP contribution in [-0.2, 0) is 0 Å². The average molecular weight is 272 g/mol. The minimum atomic E-state index is -0.106. The Hall–Kier alpha value is -0.730. The number of hydrogen-bond acceptors (Lipinski definition) is 1. The maximum Gasteiger partial charge on any atom is 0.253 e. The molecule has 2 rings (SSSR count). The summed E-state index contributed by atoms with van der Waals surface area (Å²) < 4.78 is 0. The number of carbonyl (C=O) groups excluding carboxylic acids is 1. The summed E-state index contributed by atoms with van der Waals surface area (Å²) in [5.41, 5.74) is 0.496. The summed E-state index contributed by atoms with van der Waals surface area (Å²) in [6.07, 6.45) is 3.29. The summed E-state index contributed by atoms with van der Waals surface area (Å²) in [7, 11) is 0. The number of nitrogens with one attached hydrogen (secondary N) is 1. The van der Waals surface area contributed by atoms with Crippen LogP contribution >= 0.6 is 23.2 Å². The third kappa shape index (κ3) is 3.14. The van der Waals surface area contributed by atoms with E-state index in [2.05, 4.69) is 12.2 Å². The highest BCUT2D eigenvalue weighted by Crippen LogP contribution is 2.26.